The quantitative estimate of drug-likeness (QED) is 0.570. The fraction of sp³-hybridized carbons (Fsp3) is 0.0556. The van der Waals surface area contributed by atoms with Crippen LogP contribution in [0.25, 0.3) is 33.3 Å². The van der Waals surface area contributed by atoms with Gasteiger partial charge in [0.15, 0.2) is 0 Å². The molecule has 2 aromatic heterocycles. The molecule has 2 heterocycles. The molecule has 0 saturated carbocycles. The van der Waals surface area contributed by atoms with Crippen molar-refractivity contribution in [3.05, 3.63) is 64.5 Å². The highest BCUT2D eigenvalue weighted by Gasteiger charge is 2.17. The van der Waals surface area contributed by atoms with E-state index in [2.05, 4.69) is 0 Å². The lowest BCUT2D eigenvalue weighted by atomic mass is 10.1. The van der Waals surface area contributed by atoms with Crippen LogP contribution in [-0.2, 0) is 0 Å². The molecule has 0 saturated heterocycles. The zero-order chi connectivity index (χ0) is 15.3. The van der Waals surface area contributed by atoms with Crippen LogP contribution < -0.4 is 5.43 Å². The minimum atomic E-state index is -0.169. The monoisotopic (exact) mass is 292 g/mol. The summed E-state index contributed by atoms with van der Waals surface area (Å²) in [4.78, 5) is 12.7. The van der Waals surface area contributed by atoms with Crippen LogP contribution in [0.1, 0.15) is 5.76 Å². The highest BCUT2D eigenvalue weighted by atomic mass is 16.4. The molecule has 0 fully saturated rings. The molecule has 0 aliphatic heterocycles. The van der Waals surface area contributed by atoms with Crippen molar-refractivity contribution in [2.75, 3.05) is 0 Å². The Kier molecular flexibility index (Phi) is 2.60. The first-order chi connectivity index (χ1) is 10.6. The molecule has 0 radical (unpaired) electrons. The zero-order valence-corrected chi connectivity index (χ0v) is 11.8. The Morgan fingerprint density at radius 3 is 2.59 bits per heavy atom. The van der Waals surface area contributed by atoms with Crippen molar-refractivity contribution >= 4 is 21.9 Å². The fourth-order valence-electron chi connectivity index (χ4n) is 2.68. The van der Waals surface area contributed by atoms with Gasteiger partial charge >= 0.3 is 0 Å². The van der Waals surface area contributed by atoms with E-state index in [1.54, 1.807) is 13.0 Å². The first kappa shape index (κ1) is 12.7. The molecule has 0 aliphatic carbocycles. The maximum absolute atomic E-state index is 12.7. The van der Waals surface area contributed by atoms with Crippen LogP contribution in [0.2, 0.25) is 0 Å². The van der Waals surface area contributed by atoms with Crippen LogP contribution in [0, 0.1) is 6.92 Å². The average molecular weight is 292 g/mol. The lowest BCUT2D eigenvalue weighted by Gasteiger charge is -2.04. The smallest absolute Gasteiger partial charge is 0.203 e. The van der Waals surface area contributed by atoms with E-state index in [1.165, 1.54) is 12.1 Å². The molecule has 4 nitrogen and oxygen atoms in total. The van der Waals surface area contributed by atoms with Gasteiger partial charge in [-0.1, -0.05) is 18.2 Å². The van der Waals surface area contributed by atoms with E-state index in [4.69, 9.17) is 8.83 Å². The highest BCUT2D eigenvalue weighted by Crippen LogP contribution is 2.30. The molecule has 0 bridgehead atoms. The third kappa shape index (κ3) is 1.81. The van der Waals surface area contributed by atoms with Gasteiger partial charge in [0, 0.05) is 11.5 Å². The van der Waals surface area contributed by atoms with Gasteiger partial charge in [0.1, 0.15) is 34.0 Å². The number of para-hydroxylation sites is 1. The molecule has 4 heteroatoms. The number of fused-ring (bicyclic) bond motifs is 2. The van der Waals surface area contributed by atoms with E-state index in [0.29, 0.717) is 28.1 Å². The molecule has 108 valence electrons. The van der Waals surface area contributed by atoms with Gasteiger partial charge in [0.25, 0.3) is 0 Å². The number of phenols is 1. The van der Waals surface area contributed by atoms with Gasteiger partial charge in [-0.25, -0.2) is 0 Å². The lowest BCUT2D eigenvalue weighted by molar-refractivity contribution is 0.473. The SMILES string of the molecule is Cc1oc2cc(O)ccc2c(=O)c1-c1cc2ccccc2o1. The molecule has 4 rings (SSSR count). The van der Waals surface area contributed by atoms with Gasteiger partial charge in [-0.2, -0.15) is 0 Å². The van der Waals surface area contributed by atoms with Crippen molar-refractivity contribution < 1.29 is 13.9 Å². The minimum Gasteiger partial charge on any atom is -0.508 e. The van der Waals surface area contributed by atoms with Crippen molar-refractivity contribution in [2.24, 2.45) is 0 Å². The molecule has 2 aromatic carbocycles. The molecular weight excluding hydrogens is 280 g/mol. The van der Waals surface area contributed by atoms with Gasteiger partial charge in [0.05, 0.1) is 5.39 Å². The van der Waals surface area contributed by atoms with Gasteiger partial charge < -0.3 is 13.9 Å². The first-order valence-electron chi connectivity index (χ1n) is 6.89. The largest absolute Gasteiger partial charge is 0.508 e. The molecule has 0 amide bonds. The summed E-state index contributed by atoms with van der Waals surface area (Å²) in [6.07, 6.45) is 0. The van der Waals surface area contributed by atoms with Crippen molar-refractivity contribution in [1.29, 1.82) is 0 Å². The topological polar surface area (TPSA) is 63.6 Å². The van der Waals surface area contributed by atoms with Gasteiger partial charge in [-0.05, 0) is 31.2 Å². The second kappa shape index (κ2) is 4.49. The predicted octanol–water partition coefficient (Wildman–Crippen LogP) is 4.22. The third-order valence-electron chi connectivity index (χ3n) is 3.72. The Labute approximate surface area is 125 Å². The number of rotatable bonds is 1. The fourth-order valence-corrected chi connectivity index (χ4v) is 2.68. The molecule has 0 atom stereocenters. The van der Waals surface area contributed by atoms with Gasteiger partial charge in [0.2, 0.25) is 5.43 Å². The van der Waals surface area contributed by atoms with E-state index in [-0.39, 0.29) is 11.2 Å². The second-order valence-corrected chi connectivity index (χ2v) is 5.19. The summed E-state index contributed by atoms with van der Waals surface area (Å²) in [6, 6.07) is 13.9. The minimum absolute atomic E-state index is 0.0616. The maximum Gasteiger partial charge on any atom is 0.203 e. The van der Waals surface area contributed by atoms with E-state index >= 15 is 0 Å². The Morgan fingerprint density at radius 1 is 0.955 bits per heavy atom. The van der Waals surface area contributed by atoms with Crippen molar-refractivity contribution in [3.8, 4) is 17.1 Å². The molecule has 0 aliphatic rings. The summed E-state index contributed by atoms with van der Waals surface area (Å²) in [5.41, 5.74) is 1.33. The highest BCUT2D eigenvalue weighted by molar-refractivity contribution is 5.87. The van der Waals surface area contributed by atoms with Crippen LogP contribution >= 0.6 is 0 Å². The molecular formula is C18H12O4. The number of phenolic OH excluding ortho intramolecular Hbond substituents is 1. The van der Waals surface area contributed by atoms with Crippen LogP contribution in [0.4, 0.5) is 0 Å². The molecule has 22 heavy (non-hydrogen) atoms. The molecule has 0 spiro atoms. The summed E-state index contributed by atoms with van der Waals surface area (Å²) >= 11 is 0. The number of furan rings is 1. The number of benzene rings is 2. The number of aromatic hydroxyl groups is 1. The van der Waals surface area contributed by atoms with Crippen LogP contribution in [-0.4, -0.2) is 5.11 Å². The van der Waals surface area contributed by atoms with Crippen molar-refractivity contribution in [1.82, 2.24) is 0 Å². The molecule has 0 unspecified atom stereocenters. The summed E-state index contributed by atoms with van der Waals surface area (Å²) in [5, 5.41) is 10.9. The van der Waals surface area contributed by atoms with E-state index in [0.717, 1.165) is 11.0 Å². The number of aryl methyl sites for hydroxylation is 1. The van der Waals surface area contributed by atoms with Gasteiger partial charge in [-0.3, -0.25) is 4.79 Å². The summed E-state index contributed by atoms with van der Waals surface area (Å²) in [6.45, 7) is 1.72. The van der Waals surface area contributed by atoms with E-state index < -0.39 is 0 Å². The Bertz CT molecular complexity index is 1040. The van der Waals surface area contributed by atoms with E-state index in [1.807, 2.05) is 30.3 Å². The Balaban J connectivity index is 2.06. The molecule has 4 aromatic rings. The summed E-state index contributed by atoms with van der Waals surface area (Å²) < 4.78 is 11.5. The Hall–Kier alpha value is -3.01. The normalized spacial score (nSPS) is 11.3. The van der Waals surface area contributed by atoms with E-state index in [9.17, 15) is 9.90 Å². The number of hydrogen-bond donors (Lipinski definition) is 1. The summed E-state index contributed by atoms with van der Waals surface area (Å²) in [7, 11) is 0. The Morgan fingerprint density at radius 2 is 1.77 bits per heavy atom. The van der Waals surface area contributed by atoms with Gasteiger partial charge in [-0.15, -0.1) is 0 Å². The number of hydrogen-bond acceptors (Lipinski definition) is 4. The summed E-state index contributed by atoms with van der Waals surface area (Å²) in [5.74, 6) is 1.01. The molecule has 1 N–H and O–H groups in total. The first-order valence-corrected chi connectivity index (χ1v) is 6.89. The van der Waals surface area contributed by atoms with Crippen molar-refractivity contribution in [3.63, 3.8) is 0 Å². The second-order valence-electron chi connectivity index (χ2n) is 5.19. The van der Waals surface area contributed by atoms with Crippen LogP contribution in [0.15, 0.2) is 62.2 Å². The standard InChI is InChI=1S/C18H12O4/c1-10-17(16-8-11-4-2-3-5-14(11)22-16)18(20)13-7-6-12(19)9-15(13)21-10/h2-9,19H,1H3. The predicted molar refractivity (Wildman–Crippen MR) is 84.1 cm³/mol. The van der Waals surface area contributed by atoms with Crippen LogP contribution in [0.3, 0.4) is 0 Å². The zero-order valence-electron chi connectivity index (χ0n) is 11.8. The maximum atomic E-state index is 12.7. The lowest BCUT2D eigenvalue weighted by Crippen LogP contribution is -2.06. The third-order valence-corrected chi connectivity index (χ3v) is 3.72. The van der Waals surface area contributed by atoms with Crippen LogP contribution in [0.5, 0.6) is 5.75 Å². The van der Waals surface area contributed by atoms with Crippen molar-refractivity contribution in [2.45, 2.75) is 6.92 Å². The average Bonchev–Trinajstić information content (AvgIpc) is 2.90.